The monoisotopic (exact) mass is 1760 g/mol. The number of anilines is 2. The summed E-state index contributed by atoms with van der Waals surface area (Å²) in [5.41, 5.74) is 7.43. The van der Waals surface area contributed by atoms with Crippen molar-refractivity contribution < 1.29 is 115 Å². The van der Waals surface area contributed by atoms with Crippen LogP contribution in [0.15, 0.2) is 66.5 Å². The summed E-state index contributed by atoms with van der Waals surface area (Å²) in [5, 5.41) is 63.7. The number of carboxylic acids is 1. The van der Waals surface area contributed by atoms with Gasteiger partial charge in [-0.3, -0.25) is 62.4 Å². The highest BCUT2D eigenvalue weighted by Crippen LogP contribution is 2.18. The maximum absolute atomic E-state index is 14.6. The summed E-state index contributed by atoms with van der Waals surface area (Å²) in [5.74, 6) is -10.0. The van der Waals surface area contributed by atoms with Crippen molar-refractivity contribution in [3.8, 4) is 0 Å². The zero-order chi connectivity index (χ0) is 89.9. The van der Waals surface area contributed by atoms with Gasteiger partial charge in [0.1, 0.15) is 48.1 Å². The Morgan fingerprint density at radius 1 is 0.640 bits per heavy atom. The van der Waals surface area contributed by atoms with Crippen molar-refractivity contribution in [1.82, 2.24) is 97.4 Å². The van der Waals surface area contributed by atoms with Gasteiger partial charge >= 0.3 is 5.97 Å². The summed E-state index contributed by atoms with van der Waals surface area (Å²) >= 11 is 0. The Labute approximate surface area is 719 Å². The number of nitrogens with zero attached hydrogens (tertiary/aromatic N) is 8. The van der Waals surface area contributed by atoms with Crippen molar-refractivity contribution in [3.63, 3.8) is 0 Å². The fraction of sp³-hybridized carbons (Fsp3) is 0.608. The van der Waals surface area contributed by atoms with Crippen molar-refractivity contribution in [2.24, 2.45) is 5.92 Å². The zero-order valence-corrected chi connectivity index (χ0v) is 70.4. The van der Waals surface area contributed by atoms with E-state index in [-0.39, 0.29) is 171 Å². The van der Waals surface area contributed by atoms with E-state index in [4.69, 9.17) is 53.1 Å². The van der Waals surface area contributed by atoms with Gasteiger partial charge in [-0.2, -0.15) is 4.98 Å². The number of rotatable bonds is 52. The van der Waals surface area contributed by atoms with Crippen LogP contribution in [0.3, 0.4) is 0 Å². The van der Waals surface area contributed by atoms with E-state index < -0.39 is 132 Å². The standard InChI is InChI=1S/C79H117N21O25/c1-4-116-22-23-120-29-26-119-21-17-83-73(109)60-9-5-6-18-100-46-57(98-99-100)41-62(74(110)93-63(40-56-43-82-49-87-56)75(111)94-64(47-101)65(104)39-53(38-55-42-81-48-86-55)72(108)95-67(51(3)102)76(112)88-50(2)70(106)91-60)90-66(105)16-20-118-25-28-122-31-33-124-35-37-125-36-34-123-32-30-121-27-24-117-19-7-8-59(103)14-15-61(78(114)115)92-71(107)52-10-12-54(13-11-52)84-44-58-45-85-69-68(89-58)77(113)97-79(80)96-69/h10-13,42-43,45-46,48-51,53,60-64,67,84,101-102H,4-9,14-41,44,47H2,1-3H3,(H,81,86)(H,82,87)(H,83,109)(H,88,112)(H,90,105)(H,91,106)(H,92,107)(H,93,110)(H,94,111)(H,95,108)(H,114,115)(H3,80,85,96,97,113)/t50-,51+,53+,60+,61+,62+,63-,64-,67-/m1/s1. The molecule has 46 heteroatoms. The third kappa shape index (κ3) is 38.8. The summed E-state index contributed by atoms with van der Waals surface area (Å²) < 4.78 is 56.9. The van der Waals surface area contributed by atoms with E-state index in [1.165, 1.54) is 61.9 Å². The molecule has 2 bridgehead atoms. The van der Waals surface area contributed by atoms with Crippen LogP contribution in [0, 0.1) is 5.92 Å². The molecule has 0 saturated heterocycles. The van der Waals surface area contributed by atoms with Gasteiger partial charge in [-0.1, -0.05) is 5.21 Å². The van der Waals surface area contributed by atoms with Crippen LogP contribution in [0.4, 0.5) is 11.6 Å². The minimum absolute atomic E-state index is 0.0327. The molecule has 0 saturated carbocycles. The van der Waals surface area contributed by atoms with Gasteiger partial charge in [-0.05, 0) is 77.1 Å². The first-order valence-electron chi connectivity index (χ1n) is 41.4. The molecule has 6 aromatic rings. The summed E-state index contributed by atoms with van der Waals surface area (Å²) in [6.07, 6.45) is 6.57. The first kappa shape index (κ1) is 101. The third-order valence-electron chi connectivity index (χ3n) is 18.9. The highest BCUT2D eigenvalue weighted by Gasteiger charge is 2.37. The number of nitrogen functional groups attached to an aromatic ring is 1. The molecule has 0 aliphatic carbocycles. The van der Waals surface area contributed by atoms with Crippen LogP contribution in [0.2, 0.25) is 0 Å². The number of hydrogen-bond donors (Lipinski definition) is 16. The van der Waals surface area contributed by atoms with Crippen LogP contribution in [-0.2, 0) is 128 Å². The van der Waals surface area contributed by atoms with Crippen molar-refractivity contribution in [1.29, 1.82) is 0 Å². The van der Waals surface area contributed by atoms with Gasteiger partial charge in [0.15, 0.2) is 16.9 Å². The number of imidazole rings is 2. The molecule has 46 nitrogen and oxygen atoms in total. The number of aromatic amines is 3. The van der Waals surface area contributed by atoms with E-state index in [1.807, 2.05) is 6.92 Å². The molecule has 6 heterocycles. The molecular formula is C79H117N21O25. The van der Waals surface area contributed by atoms with E-state index in [0.717, 1.165) is 0 Å². The molecule has 17 N–H and O–H groups in total. The number of carbonyl (C=O) groups excluding carboxylic acids is 10. The van der Waals surface area contributed by atoms with Gasteiger partial charge in [0, 0.05) is 112 Å². The number of Topliss-reactive ketones (excluding diaryl/α,β-unsaturated/α-hetero) is 2. The van der Waals surface area contributed by atoms with E-state index in [2.05, 4.69) is 98.0 Å². The van der Waals surface area contributed by atoms with Gasteiger partial charge in [0.05, 0.1) is 174 Å². The number of amides is 8. The Balaban J connectivity index is 0.786. The molecule has 0 fully saturated rings. The van der Waals surface area contributed by atoms with Crippen molar-refractivity contribution >= 4 is 87.6 Å². The lowest BCUT2D eigenvalue weighted by Crippen LogP contribution is -2.59. The number of nitrogens with two attached hydrogens (primary N) is 1. The minimum Gasteiger partial charge on any atom is -0.480 e. The number of fused-ring (bicyclic) bond motifs is 3. The molecule has 1 aliphatic rings. The second kappa shape index (κ2) is 57.3. The molecular weight excluding hydrogens is 1640 g/mol. The number of aromatic nitrogens is 11. The number of carbonyl (C=O) groups is 11. The van der Waals surface area contributed by atoms with Crippen LogP contribution in [0.5, 0.6) is 0 Å². The number of nitrogens with one attached hydrogen (secondary N) is 12. The first-order valence-corrected chi connectivity index (χ1v) is 41.4. The third-order valence-corrected chi connectivity index (χ3v) is 18.9. The average Bonchev–Trinajstić information content (AvgIpc) is 1.56. The normalized spacial score (nSPS) is 18.5. The number of aliphatic hydroxyl groups is 2. The molecule has 7 rings (SSSR count). The quantitative estimate of drug-likeness (QED) is 0.0167. The van der Waals surface area contributed by atoms with Crippen molar-refractivity contribution in [2.75, 3.05) is 156 Å². The molecule has 1 aromatic carbocycles. The lowest BCUT2D eigenvalue weighted by molar-refractivity contribution is -0.139. The second-order valence-corrected chi connectivity index (χ2v) is 28.8. The lowest BCUT2D eigenvalue weighted by Gasteiger charge is -2.27. The molecule has 1 aliphatic heterocycles. The SMILES string of the molecule is CCOCCOCCOCCNC(=O)[C@@H]1CCCCn2cc(nn2)C[C@H](NC(=O)CCOCCOCCOCCOCCOCCOCCOCCCC(=O)CC[C@H](NC(=O)c2ccc(NCc3cnc4nc(N)[nH]c(=O)c4n3)cc2)C(=O)O)C(=O)N[C@H](Cc2cnc[nH]2)C(=O)N[C@H](CO)C(=O)C[C@H](Cc2cnc[nH]2)C(=O)N[C@H]([C@H](C)O)C(=O)N[C@H](C)C(=O)N1. The summed E-state index contributed by atoms with van der Waals surface area (Å²) in [4.78, 5) is 191. The molecule has 8 amide bonds. The largest absolute Gasteiger partial charge is 0.480 e. The second-order valence-electron chi connectivity index (χ2n) is 28.8. The topological polar surface area (TPSA) is 635 Å². The van der Waals surface area contributed by atoms with E-state index in [0.29, 0.717) is 108 Å². The van der Waals surface area contributed by atoms with E-state index in [1.54, 1.807) is 18.3 Å². The van der Waals surface area contributed by atoms with Crippen LogP contribution < -0.4 is 59.1 Å². The molecule has 125 heavy (non-hydrogen) atoms. The first-order chi connectivity index (χ1) is 60.5. The van der Waals surface area contributed by atoms with Gasteiger partial charge < -0.3 is 126 Å². The molecule has 0 radical (unpaired) electrons. The maximum Gasteiger partial charge on any atom is 0.326 e. The highest BCUT2D eigenvalue weighted by molar-refractivity contribution is 5.99. The number of benzene rings is 1. The number of H-pyrrole nitrogens is 3. The number of aliphatic hydroxyl groups excluding tert-OH is 2. The zero-order valence-electron chi connectivity index (χ0n) is 70.4. The molecule has 0 spiro atoms. The number of carboxylic acid groups (broad SMARTS) is 1. The number of ketones is 2. The van der Waals surface area contributed by atoms with Gasteiger partial charge in [0.25, 0.3) is 11.5 Å². The summed E-state index contributed by atoms with van der Waals surface area (Å²) in [6.45, 7) is 9.37. The summed E-state index contributed by atoms with van der Waals surface area (Å²) in [7, 11) is 0. The average molecular weight is 1760 g/mol. The van der Waals surface area contributed by atoms with Crippen molar-refractivity contribution in [3.05, 3.63) is 100 Å². The Hall–Kier alpha value is -11.3. The minimum atomic E-state index is -1.69. The van der Waals surface area contributed by atoms with Crippen LogP contribution in [0.25, 0.3) is 11.2 Å². The lowest BCUT2D eigenvalue weighted by atomic mass is 9.92. The Morgan fingerprint density at radius 2 is 1.24 bits per heavy atom. The van der Waals surface area contributed by atoms with Crippen LogP contribution >= 0.6 is 0 Å². The van der Waals surface area contributed by atoms with Gasteiger partial charge in [0.2, 0.25) is 47.3 Å². The highest BCUT2D eigenvalue weighted by atomic mass is 16.6. The van der Waals surface area contributed by atoms with Crippen molar-refractivity contribution in [2.45, 2.75) is 159 Å². The van der Waals surface area contributed by atoms with Crippen LogP contribution in [0.1, 0.15) is 112 Å². The fourth-order valence-electron chi connectivity index (χ4n) is 12.2. The molecule has 9 atom stereocenters. The maximum atomic E-state index is 14.6. The van der Waals surface area contributed by atoms with E-state index in [9.17, 15) is 72.9 Å². The fourth-order valence-corrected chi connectivity index (χ4v) is 12.2. The number of hydrogen-bond acceptors (Lipinski definition) is 33. The van der Waals surface area contributed by atoms with Gasteiger partial charge in [-0.15, -0.1) is 5.10 Å². The number of aliphatic carboxylic acids is 1. The van der Waals surface area contributed by atoms with Gasteiger partial charge in [-0.25, -0.2) is 24.7 Å². The Morgan fingerprint density at radius 3 is 1.84 bits per heavy atom. The molecule has 688 valence electrons. The Bertz CT molecular complexity index is 4330. The smallest absolute Gasteiger partial charge is 0.326 e. The Kier molecular flexibility index (Phi) is 46.2. The predicted octanol–water partition coefficient (Wildman–Crippen LogP) is -3.26. The molecule has 5 aromatic heterocycles. The van der Waals surface area contributed by atoms with Crippen LogP contribution in [-0.4, -0.2) is 329 Å². The summed E-state index contributed by atoms with van der Waals surface area (Å²) in [6, 6.07) is -3.76. The number of aryl methyl sites for hydroxylation is 1. The number of ether oxygens (including phenoxy) is 10. The predicted molar refractivity (Wildman–Crippen MR) is 441 cm³/mol. The van der Waals surface area contributed by atoms with E-state index >= 15 is 0 Å². The molecule has 0 unspecified atom stereocenters.